The molecule has 3 aromatic carbocycles. The Morgan fingerprint density at radius 3 is 2.39 bits per heavy atom. The minimum atomic E-state index is -1.06. The Hall–Kier alpha value is -4.73. The van der Waals surface area contributed by atoms with Crippen LogP contribution in [0.5, 0.6) is 0 Å². The molecule has 49 heavy (non-hydrogen) atoms. The number of carbonyl (C=O) groups is 3. The second-order valence-electron chi connectivity index (χ2n) is 13.7. The first-order valence-corrected chi connectivity index (χ1v) is 17.4. The van der Waals surface area contributed by atoms with Crippen molar-refractivity contribution in [3.05, 3.63) is 95.1 Å². The molecular weight excluding hydrogens is 618 g/mol. The summed E-state index contributed by atoms with van der Waals surface area (Å²) in [5.41, 5.74) is 5.48. The number of anilines is 1. The minimum Gasteiger partial charge on any atom is -0.466 e. The number of hydrogen-bond acceptors (Lipinski definition) is 6. The van der Waals surface area contributed by atoms with Gasteiger partial charge in [0, 0.05) is 33.8 Å². The summed E-state index contributed by atoms with van der Waals surface area (Å²) in [6.07, 6.45) is 9.31. The standard InChI is InChI=1S/C40H43N3O6/c1-49-34(45)20-15-25-13-17-28(18-14-25)41-39(48)40(21-7-8-22-40)42-38(47)27-16-19-31-32(23-27)43-24-33(44)37(46)30-12-6-5-11-29(30)36(43)35(31)26-9-3-2-4-10-26/h5-6,11-20,23,26,33,37,44,46H,2-4,7-10,21-22,24H2,1H3,(H,41,48)(H,42,47)/t33-,37+/m0/s1. The highest BCUT2D eigenvalue weighted by atomic mass is 16.5. The molecule has 0 saturated heterocycles. The number of methoxy groups -OCH3 is 1. The van der Waals surface area contributed by atoms with Crippen LogP contribution in [-0.2, 0) is 20.9 Å². The highest BCUT2D eigenvalue weighted by molar-refractivity contribution is 6.06. The Balaban J connectivity index is 1.20. The maximum absolute atomic E-state index is 14.0. The molecular formula is C40H43N3O6. The van der Waals surface area contributed by atoms with Crippen molar-refractivity contribution in [2.75, 3.05) is 12.4 Å². The number of ether oxygens (including phenoxy) is 1. The van der Waals surface area contributed by atoms with Gasteiger partial charge >= 0.3 is 5.97 Å². The number of amides is 2. The summed E-state index contributed by atoms with van der Waals surface area (Å²) in [5.74, 6) is -0.695. The number of nitrogens with zero attached hydrogens (tertiary/aromatic N) is 1. The van der Waals surface area contributed by atoms with Gasteiger partial charge in [-0.05, 0) is 78.6 Å². The number of carbonyl (C=O) groups excluding carboxylic acids is 3. The Morgan fingerprint density at radius 2 is 1.65 bits per heavy atom. The van der Waals surface area contributed by atoms with Crippen LogP contribution in [0.1, 0.15) is 96.9 Å². The Labute approximate surface area is 286 Å². The van der Waals surface area contributed by atoms with Crippen molar-refractivity contribution in [3.63, 3.8) is 0 Å². The van der Waals surface area contributed by atoms with E-state index in [1.807, 2.05) is 42.5 Å². The molecule has 0 bridgehead atoms. The van der Waals surface area contributed by atoms with E-state index in [1.54, 1.807) is 30.3 Å². The molecule has 4 aromatic rings. The van der Waals surface area contributed by atoms with Gasteiger partial charge in [-0.3, -0.25) is 9.59 Å². The first kappa shape index (κ1) is 32.8. The van der Waals surface area contributed by atoms with Crippen molar-refractivity contribution < 1.29 is 29.3 Å². The third-order valence-corrected chi connectivity index (χ3v) is 10.7. The quantitative estimate of drug-likeness (QED) is 0.130. The maximum atomic E-state index is 14.0. The molecule has 2 fully saturated rings. The topological polar surface area (TPSA) is 130 Å². The molecule has 0 radical (unpaired) electrons. The van der Waals surface area contributed by atoms with E-state index >= 15 is 0 Å². The van der Waals surface area contributed by atoms with Gasteiger partial charge in [-0.1, -0.05) is 74.6 Å². The van der Waals surface area contributed by atoms with Crippen molar-refractivity contribution in [1.82, 2.24) is 9.88 Å². The highest BCUT2D eigenvalue weighted by Gasteiger charge is 2.43. The molecule has 2 saturated carbocycles. The van der Waals surface area contributed by atoms with E-state index in [4.69, 9.17) is 0 Å². The zero-order valence-corrected chi connectivity index (χ0v) is 27.8. The molecule has 9 nitrogen and oxygen atoms in total. The Morgan fingerprint density at radius 1 is 0.918 bits per heavy atom. The van der Waals surface area contributed by atoms with Crippen LogP contribution in [0.25, 0.3) is 28.2 Å². The van der Waals surface area contributed by atoms with Gasteiger partial charge in [0.25, 0.3) is 5.91 Å². The molecule has 0 unspecified atom stereocenters. The fraction of sp³-hybridized carbons (Fsp3) is 0.375. The molecule has 4 N–H and O–H groups in total. The summed E-state index contributed by atoms with van der Waals surface area (Å²) < 4.78 is 6.73. The lowest BCUT2D eigenvalue weighted by atomic mass is 9.81. The van der Waals surface area contributed by atoms with E-state index in [9.17, 15) is 24.6 Å². The zero-order valence-electron chi connectivity index (χ0n) is 27.8. The molecule has 2 heterocycles. The largest absolute Gasteiger partial charge is 0.466 e. The molecule has 0 spiro atoms. The highest BCUT2D eigenvalue weighted by Crippen LogP contribution is 2.47. The van der Waals surface area contributed by atoms with Crippen LogP contribution in [0, 0.1) is 0 Å². The van der Waals surface area contributed by atoms with Crippen LogP contribution in [0.4, 0.5) is 5.69 Å². The SMILES string of the molecule is COC(=O)C=Cc1ccc(NC(=O)C2(NC(=O)c3ccc4c(C5CCCCC5)c5n(c4c3)C[C@H](O)[C@H](O)c3ccccc3-5)CCCC2)cc1. The monoisotopic (exact) mass is 661 g/mol. The fourth-order valence-corrected chi connectivity index (χ4v) is 8.10. The number of esters is 1. The number of fused-ring (bicyclic) bond motifs is 5. The number of nitrogens with one attached hydrogen (secondary N) is 2. The van der Waals surface area contributed by atoms with Gasteiger partial charge in [-0.15, -0.1) is 0 Å². The maximum Gasteiger partial charge on any atom is 0.330 e. The first-order valence-electron chi connectivity index (χ1n) is 17.4. The number of hydrogen-bond donors (Lipinski definition) is 4. The molecule has 3 aliphatic rings. The number of rotatable bonds is 7. The second-order valence-corrected chi connectivity index (χ2v) is 13.7. The first-order chi connectivity index (χ1) is 23.8. The van der Waals surface area contributed by atoms with E-state index in [-0.39, 0.29) is 18.4 Å². The van der Waals surface area contributed by atoms with Gasteiger partial charge < -0.3 is 30.2 Å². The van der Waals surface area contributed by atoms with E-state index in [0.29, 0.717) is 35.6 Å². The lowest BCUT2D eigenvalue weighted by Gasteiger charge is -2.29. The van der Waals surface area contributed by atoms with Crippen molar-refractivity contribution >= 4 is 40.4 Å². The van der Waals surface area contributed by atoms with Crippen molar-refractivity contribution in [2.45, 2.75) is 88.0 Å². The van der Waals surface area contributed by atoms with Gasteiger partial charge in [-0.25, -0.2) is 4.79 Å². The lowest BCUT2D eigenvalue weighted by molar-refractivity contribution is -0.134. The molecule has 2 amide bonds. The average molecular weight is 662 g/mol. The van der Waals surface area contributed by atoms with Gasteiger partial charge in [-0.2, -0.15) is 0 Å². The van der Waals surface area contributed by atoms with E-state index in [2.05, 4.69) is 19.9 Å². The predicted molar refractivity (Wildman–Crippen MR) is 189 cm³/mol. The molecule has 1 aromatic heterocycles. The number of aliphatic hydroxyl groups excluding tert-OH is 2. The van der Waals surface area contributed by atoms with Crippen LogP contribution in [0.3, 0.4) is 0 Å². The van der Waals surface area contributed by atoms with Crippen molar-refractivity contribution in [2.24, 2.45) is 0 Å². The summed E-state index contributed by atoms with van der Waals surface area (Å²) in [5, 5.41) is 29.5. The molecule has 2 aliphatic carbocycles. The normalized spacial score (nSPS) is 20.4. The summed E-state index contributed by atoms with van der Waals surface area (Å²) in [7, 11) is 1.32. The van der Waals surface area contributed by atoms with E-state index in [1.165, 1.54) is 25.2 Å². The van der Waals surface area contributed by atoms with Gasteiger partial charge in [0.05, 0.1) is 19.3 Å². The second kappa shape index (κ2) is 13.6. The molecule has 9 heteroatoms. The van der Waals surface area contributed by atoms with Crippen molar-refractivity contribution in [3.8, 4) is 11.3 Å². The summed E-state index contributed by atoms with van der Waals surface area (Å²) in [4.78, 5) is 39.2. The number of benzene rings is 3. The van der Waals surface area contributed by atoms with Gasteiger partial charge in [0.15, 0.2) is 0 Å². The van der Waals surface area contributed by atoms with E-state index in [0.717, 1.165) is 66.2 Å². The summed E-state index contributed by atoms with van der Waals surface area (Å²) in [6, 6.07) is 20.6. The number of aliphatic hydroxyl groups is 2. The van der Waals surface area contributed by atoms with E-state index < -0.39 is 23.7 Å². The molecule has 254 valence electrons. The predicted octanol–water partition coefficient (Wildman–Crippen LogP) is 6.63. The summed E-state index contributed by atoms with van der Waals surface area (Å²) in [6.45, 7) is 0.198. The van der Waals surface area contributed by atoms with Crippen LogP contribution < -0.4 is 10.6 Å². The average Bonchev–Trinajstić information content (AvgIpc) is 3.71. The molecule has 1 aliphatic heterocycles. The van der Waals surface area contributed by atoms with Crippen LogP contribution in [-0.4, -0.2) is 51.3 Å². The Kier molecular flexibility index (Phi) is 9.13. The minimum absolute atomic E-state index is 0.198. The fourth-order valence-electron chi connectivity index (χ4n) is 8.10. The molecule has 7 rings (SSSR count). The number of aromatic nitrogens is 1. The van der Waals surface area contributed by atoms with Gasteiger partial charge in [0.1, 0.15) is 17.7 Å². The third kappa shape index (κ3) is 6.29. The zero-order chi connectivity index (χ0) is 34.1. The van der Waals surface area contributed by atoms with Crippen LogP contribution in [0.2, 0.25) is 0 Å². The van der Waals surface area contributed by atoms with Gasteiger partial charge in [0.2, 0.25) is 5.91 Å². The van der Waals surface area contributed by atoms with Crippen LogP contribution in [0.15, 0.2) is 72.8 Å². The lowest BCUT2D eigenvalue weighted by Crippen LogP contribution is -2.55. The third-order valence-electron chi connectivity index (χ3n) is 10.7. The molecule has 2 atom stereocenters. The van der Waals surface area contributed by atoms with Crippen molar-refractivity contribution in [1.29, 1.82) is 0 Å². The summed E-state index contributed by atoms with van der Waals surface area (Å²) >= 11 is 0. The van der Waals surface area contributed by atoms with Crippen LogP contribution >= 0.6 is 0 Å². The Bertz CT molecular complexity index is 1910. The smallest absolute Gasteiger partial charge is 0.330 e.